The number of hydrogen-bond acceptors (Lipinski definition) is 5. The topological polar surface area (TPSA) is 89.9 Å². The van der Waals surface area contributed by atoms with Crippen molar-refractivity contribution in [2.24, 2.45) is 0 Å². The fourth-order valence-corrected chi connectivity index (χ4v) is 5.45. The fraction of sp³-hybridized carbons (Fsp3) is 0.611. The first-order valence-corrected chi connectivity index (χ1v) is 10.9. The van der Waals surface area contributed by atoms with Crippen molar-refractivity contribution in [3.05, 3.63) is 29.8 Å². The number of urea groups is 1. The number of piperidine rings is 1. The van der Waals surface area contributed by atoms with E-state index in [-0.39, 0.29) is 35.4 Å². The van der Waals surface area contributed by atoms with Crippen molar-refractivity contribution in [1.29, 1.82) is 0 Å². The Morgan fingerprint density at radius 3 is 2.65 bits per heavy atom. The van der Waals surface area contributed by atoms with E-state index in [2.05, 4.69) is 10.2 Å². The summed E-state index contributed by atoms with van der Waals surface area (Å²) in [5, 5.41) is 12.6. The maximum absolute atomic E-state index is 12.4. The van der Waals surface area contributed by atoms with E-state index in [0.29, 0.717) is 6.42 Å². The van der Waals surface area contributed by atoms with E-state index >= 15 is 0 Å². The van der Waals surface area contributed by atoms with E-state index < -0.39 is 9.84 Å². The molecular formula is C18H27N3O4S. The molecule has 2 aliphatic rings. The van der Waals surface area contributed by atoms with Gasteiger partial charge in [-0.2, -0.15) is 0 Å². The molecule has 3 rings (SSSR count). The minimum Gasteiger partial charge on any atom is -0.508 e. The van der Waals surface area contributed by atoms with E-state index in [1.165, 1.54) is 0 Å². The number of phenols is 1. The lowest BCUT2D eigenvalue weighted by atomic mass is 10.0. The highest BCUT2D eigenvalue weighted by molar-refractivity contribution is 7.91. The predicted octanol–water partition coefficient (Wildman–Crippen LogP) is 1.19. The van der Waals surface area contributed by atoms with Gasteiger partial charge >= 0.3 is 6.03 Å². The van der Waals surface area contributed by atoms with E-state index in [9.17, 15) is 18.3 Å². The van der Waals surface area contributed by atoms with Crippen molar-refractivity contribution >= 4 is 15.9 Å². The molecule has 144 valence electrons. The lowest BCUT2D eigenvalue weighted by Crippen LogP contribution is -2.50. The Morgan fingerprint density at radius 1 is 1.31 bits per heavy atom. The molecule has 2 fully saturated rings. The van der Waals surface area contributed by atoms with Gasteiger partial charge in [-0.15, -0.1) is 0 Å². The van der Waals surface area contributed by atoms with Gasteiger partial charge in [0.1, 0.15) is 5.75 Å². The van der Waals surface area contributed by atoms with Crippen LogP contribution in [0.25, 0.3) is 0 Å². The molecule has 0 saturated carbocycles. The van der Waals surface area contributed by atoms with Gasteiger partial charge in [-0.3, -0.25) is 4.90 Å². The molecule has 26 heavy (non-hydrogen) atoms. The van der Waals surface area contributed by atoms with Crippen molar-refractivity contribution in [3.8, 4) is 5.75 Å². The number of aromatic hydroxyl groups is 1. The van der Waals surface area contributed by atoms with Gasteiger partial charge < -0.3 is 15.3 Å². The Balaban J connectivity index is 1.44. The molecule has 1 atom stereocenters. The van der Waals surface area contributed by atoms with Gasteiger partial charge in [-0.1, -0.05) is 12.1 Å². The Labute approximate surface area is 154 Å². The number of rotatable bonds is 4. The summed E-state index contributed by atoms with van der Waals surface area (Å²) >= 11 is 0. The van der Waals surface area contributed by atoms with Gasteiger partial charge in [0, 0.05) is 38.8 Å². The van der Waals surface area contributed by atoms with Crippen LogP contribution < -0.4 is 5.32 Å². The number of phenolic OH excluding ortho intramolecular Hbond substituents is 1. The van der Waals surface area contributed by atoms with Gasteiger partial charge in [0.15, 0.2) is 9.84 Å². The van der Waals surface area contributed by atoms with E-state index in [1.54, 1.807) is 24.1 Å². The summed E-state index contributed by atoms with van der Waals surface area (Å²) < 4.78 is 23.2. The Bertz CT molecular complexity index is 745. The van der Waals surface area contributed by atoms with Crippen LogP contribution in [0.15, 0.2) is 24.3 Å². The first kappa shape index (κ1) is 19.0. The van der Waals surface area contributed by atoms with Crippen LogP contribution in [0.3, 0.4) is 0 Å². The fourth-order valence-electron chi connectivity index (χ4n) is 3.67. The van der Waals surface area contributed by atoms with Crippen LogP contribution in [-0.2, 0) is 16.4 Å². The Hall–Kier alpha value is -1.80. The number of benzene rings is 1. The molecule has 0 unspecified atom stereocenters. The Kier molecular flexibility index (Phi) is 5.72. The van der Waals surface area contributed by atoms with Crippen LogP contribution in [0.4, 0.5) is 4.79 Å². The zero-order chi connectivity index (χ0) is 18.7. The molecule has 0 spiro atoms. The third kappa shape index (κ3) is 4.88. The third-order valence-corrected chi connectivity index (χ3v) is 7.06. The summed E-state index contributed by atoms with van der Waals surface area (Å²) in [5.41, 5.74) is 1.08. The molecule has 2 saturated heterocycles. The molecule has 0 radical (unpaired) electrons. The molecule has 0 aliphatic carbocycles. The second kappa shape index (κ2) is 7.84. The molecule has 8 heteroatoms. The molecule has 2 aliphatic heterocycles. The SMILES string of the molecule is CN(C(=O)NC1CCN(Cc2cccc(O)c2)CC1)[C@@H]1CCS(=O)(=O)C1. The summed E-state index contributed by atoms with van der Waals surface area (Å²) in [6.45, 7) is 2.54. The second-order valence-corrected chi connectivity index (χ2v) is 9.57. The number of amides is 2. The van der Waals surface area contributed by atoms with Crippen molar-refractivity contribution in [3.63, 3.8) is 0 Å². The van der Waals surface area contributed by atoms with Crippen LogP contribution in [0.5, 0.6) is 5.75 Å². The van der Waals surface area contributed by atoms with E-state index in [1.807, 2.05) is 12.1 Å². The monoisotopic (exact) mass is 381 g/mol. The zero-order valence-electron chi connectivity index (χ0n) is 15.1. The minimum atomic E-state index is -2.99. The maximum atomic E-state index is 12.4. The van der Waals surface area contributed by atoms with Crippen LogP contribution >= 0.6 is 0 Å². The number of likely N-dealkylation sites (tertiary alicyclic amines) is 1. The van der Waals surface area contributed by atoms with Crippen LogP contribution in [-0.4, -0.2) is 73.1 Å². The molecule has 1 aromatic rings. The van der Waals surface area contributed by atoms with Gasteiger partial charge in [-0.25, -0.2) is 13.2 Å². The molecule has 2 N–H and O–H groups in total. The van der Waals surface area contributed by atoms with Gasteiger partial charge in [0.2, 0.25) is 0 Å². The van der Waals surface area contributed by atoms with Crippen LogP contribution in [0.1, 0.15) is 24.8 Å². The van der Waals surface area contributed by atoms with Gasteiger partial charge in [0.05, 0.1) is 11.5 Å². The standard InChI is InChI=1S/C18H27N3O4S/c1-20(16-7-10-26(24,25)13-16)18(23)19-15-5-8-21(9-6-15)12-14-3-2-4-17(22)11-14/h2-4,11,15-16,22H,5-10,12-13H2,1H3,(H,19,23)/t16-/m1/s1. The van der Waals surface area contributed by atoms with Gasteiger partial charge in [-0.05, 0) is 37.0 Å². The number of sulfone groups is 1. The number of carbonyl (C=O) groups excluding carboxylic acids is 1. The average molecular weight is 381 g/mol. The summed E-state index contributed by atoms with van der Waals surface area (Å²) in [6.07, 6.45) is 2.25. The Morgan fingerprint density at radius 2 is 2.04 bits per heavy atom. The highest BCUT2D eigenvalue weighted by Crippen LogP contribution is 2.19. The maximum Gasteiger partial charge on any atom is 0.317 e. The van der Waals surface area contributed by atoms with Crippen LogP contribution in [0, 0.1) is 0 Å². The lowest BCUT2D eigenvalue weighted by Gasteiger charge is -2.34. The molecule has 2 amide bonds. The molecular weight excluding hydrogens is 354 g/mol. The largest absolute Gasteiger partial charge is 0.508 e. The van der Waals surface area contributed by atoms with Crippen molar-refractivity contribution in [2.75, 3.05) is 31.6 Å². The van der Waals surface area contributed by atoms with Crippen molar-refractivity contribution in [1.82, 2.24) is 15.1 Å². The smallest absolute Gasteiger partial charge is 0.317 e. The zero-order valence-corrected chi connectivity index (χ0v) is 15.9. The minimum absolute atomic E-state index is 0.0687. The highest BCUT2D eigenvalue weighted by atomic mass is 32.2. The first-order chi connectivity index (χ1) is 12.3. The normalized spacial score (nSPS) is 23.7. The number of nitrogens with one attached hydrogen (secondary N) is 1. The summed E-state index contributed by atoms with van der Waals surface area (Å²) in [6, 6.07) is 7.00. The van der Waals surface area contributed by atoms with Gasteiger partial charge in [0.25, 0.3) is 0 Å². The summed E-state index contributed by atoms with van der Waals surface area (Å²) in [5.74, 6) is 0.517. The first-order valence-electron chi connectivity index (χ1n) is 9.06. The van der Waals surface area contributed by atoms with E-state index in [0.717, 1.165) is 38.0 Å². The number of carbonyl (C=O) groups is 1. The number of hydrogen-bond donors (Lipinski definition) is 2. The third-order valence-electron chi connectivity index (χ3n) is 5.31. The number of nitrogens with zero attached hydrogens (tertiary/aromatic N) is 2. The van der Waals surface area contributed by atoms with E-state index in [4.69, 9.17) is 0 Å². The molecule has 0 bridgehead atoms. The molecule has 7 nitrogen and oxygen atoms in total. The molecule has 0 aromatic heterocycles. The lowest BCUT2D eigenvalue weighted by molar-refractivity contribution is 0.167. The molecule has 1 aromatic carbocycles. The second-order valence-electron chi connectivity index (χ2n) is 7.34. The highest BCUT2D eigenvalue weighted by Gasteiger charge is 2.33. The van der Waals surface area contributed by atoms with Crippen LogP contribution in [0.2, 0.25) is 0 Å². The average Bonchev–Trinajstić information content (AvgIpc) is 2.96. The van der Waals surface area contributed by atoms with Crippen molar-refractivity contribution < 1.29 is 18.3 Å². The predicted molar refractivity (Wildman–Crippen MR) is 99.8 cm³/mol. The summed E-state index contributed by atoms with van der Waals surface area (Å²) in [7, 11) is -1.31. The quantitative estimate of drug-likeness (QED) is 0.818. The molecule has 2 heterocycles. The van der Waals surface area contributed by atoms with Crippen molar-refractivity contribution in [2.45, 2.75) is 37.9 Å². The summed E-state index contributed by atoms with van der Waals surface area (Å²) in [4.78, 5) is 16.3.